The zero-order valence-corrected chi connectivity index (χ0v) is 25.9. The number of piperazine rings is 1. The zero-order valence-electron chi connectivity index (χ0n) is 25.1. The van der Waals surface area contributed by atoms with Gasteiger partial charge in [0.1, 0.15) is 5.76 Å². The minimum Gasteiger partial charge on any atom is -0.493 e. The van der Waals surface area contributed by atoms with Gasteiger partial charge in [-0.3, -0.25) is 9.36 Å². The van der Waals surface area contributed by atoms with Gasteiger partial charge in [0.05, 0.1) is 42.7 Å². The second-order valence-corrected chi connectivity index (χ2v) is 11.5. The molecule has 4 aromatic rings. The van der Waals surface area contributed by atoms with Crippen LogP contribution in [-0.4, -0.2) is 69.5 Å². The summed E-state index contributed by atoms with van der Waals surface area (Å²) in [6.45, 7) is 5.57. The van der Waals surface area contributed by atoms with E-state index in [4.69, 9.17) is 23.6 Å². The van der Waals surface area contributed by atoms with Crippen LogP contribution < -0.4 is 29.3 Å². The molecule has 0 saturated carbocycles. The molecule has 0 unspecified atom stereocenters. The van der Waals surface area contributed by atoms with Gasteiger partial charge in [-0.1, -0.05) is 47.7 Å². The molecule has 228 valence electrons. The number of hydrogen-bond acceptors (Lipinski definition) is 10. The maximum Gasteiger partial charge on any atom is 0.338 e. The van der Waals surface area contributed by atoms with Crippen molar-refractivity contribution < 1.29 is 23.4 Å². The SMILES string of the molecule is CCOC(=O)C1=C(c2ccccc2)N=c2s/c(=C/c3ccc(N4CCN(C)CC4)o3)c(=O)n2[C@H]1c1ccc(OC)c(OC)c1. The molecule has 0 radical (unpaired) electrons. The lowest BCUT2D eigenvalue weighted by molar-refractivity contribution is -0.138. The van der Waals surface area contributed by atoms with Gasteiger partial charge >= 0.3 is 5.97 Å². The molecule has 4 heterocycles. The van der Waals surface area contributed by atoms with Crippen LogP contribution in [0.1, 0.15) is 29.9 Å². The zero-order chi connectivity index (χ0) is 30.8. The summed E-state index contributed by atoms with van der Waals surface area (Å²) >= 11 is 1.25. The Balaban J connectivity index is 1.54. The smallest absolute Gasteiger partial charge is 0.338 e. The molecule has 2 aromatic heterocycles. The molecule has 10 nitrogen and oxygen atoms in total. The quantitative estimate of drug-likeness (QED) is 0.279. The Morgan fingerprint density at radius 3 is 2.48 bits per heavy atom. The summed E-state index contributed by atoms with van der Waals surface area (Å²) in [5.74, 6) is 1.80. The Kier molecular flexibility index (Phi) is 8.40. The van der Waals surface area contributed by atoms with Crippen molar-refractivity contribution in [2.24, 2.45) is 4.99 Å². The number of hydrogen-bond donors (Lipinski definition) is 0. The van der Waals surface area contributed by atoms with Crippen molar-refractivity contribution in [3.8, 4) is 11.5 Å². The van der Waals surface area contributed by atoms with E-state index < -0.39 is 12.0 Å². The number of fused-ring (bicyclic) bond motifs is 1. The number of rotatable bonds is 8. The molecule has 2 aliphatic heterocycles. The third-order valence-electron chi connectivity index (χ3n) is 7.80. The summed E-state index contributed by atoms with van der Waals surface area (Å²) in [5, 5.41) is 0. The minimum absolute atomic E-state index is 0.168. The molecular weight excluding hydrogens is 580 g/mol. The molecule has 0 N–H and O–H groups in total. The van der Waals surface area contributed by atoms with E-state index in [2.05, 4.69) is 16.8 Å². The van der Waals surface area contributed by atoms with Crippen molar-refractivity contribution in [1.29, 1.82) is 0 Å². The molecule has 11 heteroatoms. The van der Waals surface area contributed by atoms with Crippen LogP contribution in [0, 0.1) is 0 Å². The number of thiazole rings is 1. The molecule has 0 aliphatic carbocycles. The average molecular weight is 615 g/mol. The molecule has 0 spiro atoms. The maximum absolute atomic E-state index is 14.2. The highest BCUT2D eigenvalue weighted by Gasteiger charge is 2.35. The predicted molar refractivity (Wildman–Crippen MR) is 169 cm³/mol. The first-order chi connectivity index (χ1) is 21.4. The molecule has 0 amide bonds. The van der Waals surface area contributed by atoms with E-state index in [-0.39, 0.29) is 17.7 Å². The number of nitrogens with zero attached hydrogens (tertiary/aromatic N) is 4. The summed E-state index contributed by atoms with van der Waals surface area (Å²) in [7, 11) is 5.21. The van der Waals surface area contributed by atoms with Crippen molar-refractivity contribution in [1.82, 2.24) is 9.47 Å². The van der Waals surface area contributed by atoms with Crippen molar-refractivity contribution >= 4 is 35.0 Å². The lowest BCUT2D eigenvalue weighted by Crippen LogP contribution is -2.44. The maximum atomic E-state index is 14.2. The highest BCUT2D eigenvalue weighted by molar-refractivity contribution is 7.07. The lowest BCUT2D eigenvalue weighted by Gasteiger charge is -2.32. The molecule has 2 aliphatic rings. The van der Waals surface area contributed by atoms with E-state index >= 15 is 0 Å². The summed E-state index contributed by atoms with van der Waals surface area (Å²) in [6.07, 6.45) is 1.74. The predicted octanol–water partition coefficient (Wildman–Crippen LogP) is 3.30. The summed E-state index contributed by atoms with van der Waals surface area (Å²) in [4.78, 5) is 37.7. The number of carbonyl (C=O) groups excluding carboxylic acids is 1. The van der Waals surface area contributed by atoms with Crippen LogP contribution in [0.4, 0.5) is 5.88 Å². The summed E-state index contributed by atoms with van der Waals surface area (Å²) in [6, 6.07) is 17.8. The van der Waals surface area contributed by atoms with Gasteiger partial charge in [-0.05, 0) is 37.7 Å². The Hall–Kier alpha value is -4.61. The first-order valence-electron chi connectivity index (χ1n) is 14.5. The van der Waals surface area contributed by atoms with Gasteiger partial charge in [0.15, 0.2) is 22.2 Å². The number of carbonyl (C=O) groups is 1. The van der Waals surface area contributed by atoms with E-state index in [0.29, 0.717) is 37.9 Å². The molecular formula is C33H34N4O6S. The fourth-order valence-corrected chi connectivity index (χ4v) is 6.51. The molecule has 1 saturated heterocycles. The van der Waals surface area contributed by atoms with Gasteiger partial charge in [-0.15, -0.1) is 0 Å². The Labute approximate surface area is 258 Å². The third-order valence-corrected chi connectivity index (χ3v) is 8.78. The first kappa shape index (κ1) is 29.5. The van der Waals surface area contributed by atoms with Crippen LogP contribution in [0.2, 0.25) is 0 Å². The van der Waals surface area contributed by atoms with Crippen LogP contribution >= 0.6 is 11.3 Å². The Morgan fingerprint density at radius 1 is 1.02 bits per heavy atom. The number of furan rings is 1. The first-order valence-corrected chi connectivity index (χ1v) is 15.3. The molecule has 2 aromatic carbocycles. The second kappa shape index (κ2) is 12.6. The number of likely N-dealkylation sites (N-methyl/N-ethyl adjacent to an activating group) is 1. The highest BCUT2D eigenvalue weighted by atomic mass is 32.1. The fourth-order valence-electron chi connectivity index (χ4n) is 5.52. The third kappa shape index (κ3) is 5.56. The van der Waals surface area contributed by atoms with Gasteiger partial charge in [0.2, 0.25) is 0 Å². The molecule has 1 atom stereocenters. The second-order valence-electron chi connectivity index (χ2n) is 10.5. The van der Waals surface area contributed by atoms with Gasteiger partial charge in [0.25, 0.3) is 5.56 Å². The summed E-state index contributed by atoms with van der Waals surface area (Å²) < 4.78 is 24.8. The average Bonchev–Trinajstić information content (AvgIpc) is 3.64. The molecule has 0 bridgehead atoms. The lowest BCUT2D eigenvalue weighted by atomic mass is 9.93. The number of aromatic nitrogens is 1. The molecule has 44 heavy (non-hydrogen) atoms. The van der Waals surface area contributed by atoms with Gasteiger partial charge in [-0.2, -0.15) is 0 Å². The van der Waals surface area contributed by atoms with Crippen molar-refractivity contribution in [2.75, 3.05) is 59.0 Å². The van der Waals surface area contributed by atoms with E-state index in [9.17, 15) is 9.59 Å². The number of ether oxygens (including phenoxy) is 3. The molecule has 6 rings (SSSR count). The van der Waals surface area contributed by atoms with Crippen molar-refractivity contribution in [3.63, 3.8) is 0 Å². The van der Waals surface area contributed by atoms with Crippen LogP contribution in [0.3, 0.4) is 0 Å². The fraction of sp³-hybridized carbons (Fsp3) is 0.303. The standard InChI is InChI=1S/C33H34N4O6S/c1-5-42-32(39)28-29(21-9-7-6-8-10-21)34-33-37(30(28)22-11-13-24(40-3)25(19-22)41-4)31(38)26(44-33)20-23-12-14-27(43-23)36-17-15-35(2)16-18-36/h6-14,19-20,30H,5,15-18H2,1-4H3/b26-20+/t30-/m0/s1. The van der Waals surface area contributed by atoms with Crippen LogP contribution in [0.15, 0.2) is 80.4 Å². The van der Waals surface area contributed by atoms with E-state index in [0.717, 1.165) is 37.6 Å². The van der Waals surface area contributed by atoms with Crippen LogP contribution in [0.5, 0.6) is 11.5 Å². The minimum atomic E-state index is -0.833. The largest absolute Gasteiger partial charge is 0.493 e. The van der Waals surface area contributed by atoms with Crippen molar-refractivity contribution in [3.05, 3.63) is 103 Å². The highest BCUT2D eigenvalue weighted by Crippen LogP contribution is 2.38. The van der Waals surface area contributed by atoms with E-state index in [1.807, 2.05) is 48.5 Å². The topological polar surface area (TPSA) is 98.7 Å². The normalized spacial score (nSPS) is 17.3. The van der Waals surface area contributed by atoms with Gasteiger partial charge in [-0.25, -0.2) is 9.79 Å². The number of methoxy groups -OCH3 is 2. The summed E-state index contributed by atoms with van der Waals surface area (Å²) in [5.41, 5.74) is 1.81. The van der Waals surface area contributed by atoms with E-state index in [1.165, 1.54) is 11.3 Å². The number of benzene rings is 2. The number of esters is 1. The van der Waals surface area contributed by atoms with Crippen LogP contribution in [0.25, 0.3) is 11.8 Å². The van der Waals surface area contributed by atoms with Gasteiger partial charge < -0.3 is 28.4 Å². The number of anilines is 1. The van der Waals surface area contributed by atoms with Gasteiger partial charge in [0, 0.05) is 43.9 Å². The van der Waals surface area contributed by atoms with Crippen molar-refractivity contribution in [2.45, 2.75) is 13.0 Å². The Morgan fingerprint density at radius 2 is 1.77 bits per heavy atom. The van der Waals surface area contributed by atoms with Crippen LogP contribution in [-0.2, 0) is 9.53 Å². The molecule has 1 fully saturated rings. The Bertz CT molecular complexity index is 1880. The van der Waals surface area contributed by atoms with E-state index in [1.54, 1.807) is 43.9 Å². The monoisotopic (exact) mass is 614 g/mol.